The molecule has 3 saturated heterocycles. The molecule has 0 spiro atoms. The highest BCUT2D eigenvalue weighted by atomic mass is 16.9. The van der Waals surface area contributed by atoms with Gasteiger partial charge in [0, 0.05) is 6.54 Å². The lowest BCUT2D eigenvalue weighted by atomic mass is 9.99. The van der Waals surface area contributed by atoms with E-state index in [4.69, 9.17) is 29.4 Å². The van der Waals surface area contributed by atoms with Crippen molar-refractivity contribution < 1.29 is 23.7 Å². The second kappa shape index (κ2) is 3.88. The van der Waals surface area contributed by atoms with Crippen molar-refractivity contribution in [1.82, 2.24) is 0 Å². The first-order chi connectivity index (χ1) is 8.31. The van der Waals surface area contributed by atoms with Crippen LogP contribution in [0.5, 0.6) is 0 Å². The first-order valence-corrected chi connectivity index (χ1v) is 6.38. The van der Waals surface area contributed by atoms with Crippen LogP contribution in [0.25, 0.3) is 0 Å². The first kappa shape index (κ1) is 12.8. The highest BCUT2D eigenvalue weighted by molar-refractivity contribution is 5.00. The Morgan fingerprint density at radius 2 is 1.39 bits per heavy atom. The van der Waals surface area contributed by atoms with Crippen LogP contribution in [0.15, 0.2) is 0 Å². The molecule has 3 heterocycles. The molecule has 3 rings (SSSR count). The van der Waals surface area contributed by atoms with Crippen molar-refractivity contribution in [1.29, 1.82) is 0 Å². The summed E-state index contributed by atoms with van der Waals surface area (Å²) in [5, 5.41) is 0. The molecule has 18 heavy (non-hydrogen) atoms. The van der Waals surface area contributed by atoms with Gasteiger partial charge in [-0.25, -0.2) is 0 Å². The fraction of sp³-hybridized carbons (Fsp3) is 1.00. The molecule has 0 aromatic heterocycles. The molecule has 0 aliphatic carbocycles. The first-order valence-electron chi connectivity index (χ1n) is 6.38. The number of nitrogens with two attached hydrogens (primary N) is 1. The van der Waals surface area contributed by atoms with Gasteiger partial charge in [-0.15, -0.1) is 0 Å². The highest BCUT2D eigenvalue weighted by Gasteiger charge is 2.60. The minimum absolute atomic E-state index is 0.200. The van der Waals surface area contributed by atoms with Gasteiger partial charge in [0.1, 0.15) is 24.4 Å². The Hall–Kier alpha value is -0.240. The van der Waals surface area contributed by atoms with E-state index in [0.717, 1.165) is 0 Å². The van der Waals surface area contributed by atoms with Gasteiger partial charge in [0.05, 0.1) is 0 Å². The minimum atomic E-state index is -0.667. The van der Waals surface area contributed by atoms with Gasteiger partial charge in [-0.05, 0) is 27.7 Å². The van der Waals surface area contributed by atoms with Crippen LogP contribution in [0, 0.1) is 0 Å². The Morgan fingerprint density at radius 1 is 0.833 bits per heavy atom. The second-order valence-corrected chi connectivity index (χ2v) is 5.94. The van der Waals surface area contributed by atoms with E-state index in [1.165, 1.54) is 0 Å². The molecule has 6 heteroatoms. The lowest BCUT2D eigenvalue weighted by Crippen LogP contribution is -2.57. The zero-order chi connectivity index (χ0) is 13.1. The highest BCUT2D eigenvalue weighted by Crippen LogP contribution is 2.43. The van der Waals surface area contributed by atoms with Gasteiger partial charge < -0.3 is 29.4 Å². The third kappa shape index (κ3) is 1.97. The number of hydrogen-bond acceptors (Lipinski definition) is 6. The standard InChI is InChI=1S/C12H21NO5/c1-11(2)15-7-6(5-13)14-10-9(8(7)16-11)17-12(3,4)18-10/h6-10H,5,13H2,1-4H3/t6-,7+,8-,9+,10+/m1/s1. The van der Waals surface area contributed by atoms with Gasteiger partial charge in [0.2, 0.25) is 0 Å². The van der Waals surface area contributed by atoms with Crippen LogP contribution >= 0.6 is 0 Å². The molecule has 0 aromatic rings. The molecule has 0 radical (unpaired) electrons. The van der Waals surface area contributed by atoms with E-state index in [1.54, 1.807) is 0 Å². The Morgan fingerprint density at radius 3 is 2.06 bits per heavy atom. The predicted molar refractivity (Wildman–Crippen MR) is 61.6 cm³/mol. The van der Waals surface area contributed by atoms with Crippen molar-refractivity contribution in [3.63, 3.8) is 0 Å². The molecule has 0 unspecified atom stereocenters. The fourth-order valence-electron chi connectivity index (χ4n) is 2.88. The molecule has 0 bridgehead atoms. The van der Waals surface area contributed by atoms with Crippen molar-refractivity contribution in [2.45, 2.75) is 70.0 Å². The van der Waals surface area contributed by atoms with Crippen LogP contribution in [0.1, 0.15) is 27.7 Å². The van der Waals surface area contributed by atoms with Crippen molar-refractivity contribution in [3.8, 4) is 0 Å². The molecule has 2 N–H and O–H groups in total. The SMILES string of the molecule is CC1(C)O[C@@H]2O[C@H](CN)[C@@H]3OC(C)(C)O[C@H]3[C@@H]2O1. The fourth-order valence-corrected chi connectivity index (χ4v) is 2.88. The zero-order valence-electron chi connectivity index (χ0n) is 11.2. The van der Waals surface area contributed by atoms with Gasteiger partial charge in [0.25, 0.3) is 0 Å². The molecule has 0 amide bonds. The zero-order valence-corrected chi connectivity index (χ0v) is 11.2. The number of ether oxygens (including phenoxy) is 5. The Kier molecular flexibility index (Phi) is 2.75. The van der Waals surface area contributed by atoms with Crippen LogP contribution in [-0.2, 0) is 23.7 Å². The summed E-state index contributed by atoms with van der Waals surface area (Å²) in [6.45, 7) is 7.86. The topological polar surface area (TPSA) is 72.2 Å². The monoisotopic (exact) mass is 259 g/mol. The van der Waals surface area contributed by atoms with Gasteiger partial charge in [0.15, 0.2) is 17.9 Å². The lowest BCUT2D eigenvalue weighted by Gasteiger charge is -2.36. The molecule has 3 fully saturated rings. The van der Waals surface area contributed by atoms with Crippen LogP contribution < -0.4 is 5.73 Å². The molecule has 5 atom stereocenters. The van der Waals surface area contributed by atoms with E-state index in [9.17, 15) is 0 Å². The largest absolute Gasteiger partial charge is 0.342 e. The maximum atomic E-state index is 5.93. The smallest absolute Gasteiger partial charge is 0.190 e. The van der Waals surface area contributed by atoms with Crippen molar-refractivity contribution in [2.24, 2.45) is 5.73 Å². The maximum absolute atomic E-state index is 5.93. The summed E-state index contributed by atoms with van der Waals surface area (Å²) < 4.78 is 29.2. The van der Waals surface area contributed by atoms with Gasteiger partial charge in [-0.3, -0.25) is 0 Å². The summed E-state index contributed by atoms with van der Waals surface area (Å²) in [6.07, 6.45) is -1.34. The number of rotatable bonds is 1. The van der Waals surface area contributed by atoms with E-state index in [-0.39, 0.29) is 24.4 Å². The Bertz CT molecular complexity index is 345. The van der Waals surface area contributed by atoms with E-state index in [1.807, 2.05) is 27.7 Å². The maximum Gasteiger partial charge on any atom is 0.190 e. The quantitative estimate of drug-likeness (QED) is 0.732. The molecular weight excluding hydrogens is 238 g/mol. The van der Waals surface area contributed by atoms with Crippen LogP contribution in [0.2, 0.25) is 0 Å². The summed E-state index contributed by atoms with van der Waals surface area (Å²) in [5.74, 6) is -1.31. The number of hydrogen-bond donors (Lipinski definition) is 1. The molecule has 3 aliphatic heterocycles. The lowest BCUT2D eigenvalue weighted by molar-refractivity contribution is -0.231. The second-order valence-electron chi connectivity index (χ2n) is 5.94. The van der Waals surface area contributed by atoms with Crippen molar-refractivity contribution >= 4 is 0 Å². The Labute approximate surface area is 107 Å². The average Bonchev–Trinajstić information content (AvgIpc) is 2.71. The predicted octanol–water partition coefficient (Wildman–Crippen LogP) is 0.342. The van der Waals surface area contributed by atoms with E-state index in [0.29, 0.717) is 6.54 Å². The summed E-state index contributed by atoms with van der Waals surface area (Å²) in [4.78, 5) is 0. The molecule has 6 nitrogen and oxygen atoms in total. The molecular formula is C12H21NO5. The normalized spacial score (nSPS) is 48.8. The number of fused-ring (bicyclic) bond motifs is 3. The van der Waals surface area contributed by atoms with E-state index >= 15 is 0 Å². The van der Waals surface area contributed by atoms with Gasteiger partial charge in [-0.2, -0.15) is 0 Å². The minimum Gasteiger partial charge on any atom is -0.342 e. The van der Waals surface area contributed by atoms with E-state index < -0.39 is 17.9 Å². The van der Waals surface area contributed by atoms with Crippen molar-refractivity contribution in [3.05, 3.63) is 0 Å². The Balaban J connectivity index is 1.86. The molecule has 0 aromatic carbocycles. The molecule has 3 aliphatic rings. The molecule has 104 valence electrons. The summed E-state index contributed by atoms with van der Waals surface area (Å²) in [5.41, 5.74) is 5.74. The average molecular weight is 259 g/mol. The van der Waals surface area contributed by atoms with Crippen molar-refractivity contribution in [2.75, 3.05) is 6.54 Å². The third-order valence-electron chi connectivity index (χ3n) is 3.48. The van der Waals surface area contributed by atoms with Crippen LogP contribution in [-0.4, -0.2) is 48.8 Å². The van der Waals surface area contributed by atoms with Gasteiger partial charge >= 0.3 is 0 Å². The van der Waals surface area contributed by atoms with Gasteiger partial charge in [-0.1, -0.05) is 0 Å². The summed E-state index contributed by atoms with van der Waals surface area (Å²) in [7, 11) is 0. The van der Waals surface area contributed by atoms with Crippen LogP contribution in [0.3, 0.4) is 0 Å². The third-order valence-corrected chi connectivity index (χ3v) is 3.48. The summed E-state index contributed by atoms with van der Waals surface area (Å²) >= 11 is 0. The van der Waals surface area contributed by atoms with Crippen LogP contribution in [0.4, 0.5) is 0 Å². The van der Waals surface area contributed by atoms with E-state index in [2.05, 4.69) is 0 Å². The molecule has 0 saturated carbocycles. The summed E-state index contributed by atoms with van der Waals surface area (Å²) in [6, 6.07) is 0.